The van der Waals surface area contributed by atoms with Crippen molar-refractivity contribution in [1.82, 2.24) is 11.5 Å². The number of carbonyl (C=O) groups is 1. The number of benzene rings is 2. The van der Waals surface area contributed by atoms with Gasteiger partial charge in [0, 0.05) is 29.5 Å². The van der Waals surface area contributed by atoms with E-state index in [0.717, 1.165) is 5.56 Å². The van der Waals surface area contributed by atoms with Gasteiger partial charge in [0.15, 0.2) is 5.60 Å². The van der Waals surface area contributed by atoms with Crippen molar-refractivity contribution < 1.29 is 9.90 Å². The molecule has 1 aliphatic carbocycles. The highest BCUT2D eigenvalue weighted by Gasteiger charge is 2.43. The lowest BCUT2D eigenvalue weighted by atomic mass is 9.86. The predicted molar refractivity (Wildman–Crippen MR) is 84.5 cm³/mol. The van der Waals surface area contributed by atoms with E-state index >= 15 is 0 Å². The Morgan fingerprint density at radius 1 is 1.08 bits per heavy atom. The summed E-state index contributed by atoms with van der Waals surface area (Å²) in [7, 11) is 0. The first-order valence-corrected chi connectivity index (χ1v) is 6.97. The molecule has 0 aliphatic heterocycles. The van der Waals surface area contributed by atoms with Crippen LogP contribution in [0.25, 0.3) is 11.1 Å². The summed E-state index contributed by atoms with van der Waals surface area (Å²) >= 11 is 0. The maximum absolute atomic E-state index is 13.4. The van der Waals surface area contributed by atoms with Crippen molar-refractivity contribution >= 4 is 11.9 Å². The van der Waals surface area contributed by atoms with Gasteiger partial charge in [0.05, 0.1) is 0 Å². The van der Waals surface area contributed by atoms with E-state index < -0.39 is 17.5 Å². The number of rotatable bonds is 4. The Balaban J connectivity index is 2.14. The van der Waals surface area contributed by atoms with Crippen molar-refractivity contribution in [2.24, 2.45) is 4.99 Å². The number of nitrogens with zero attached hydrogens (tertiary/aromatic N) is 3. The third-order valence-electron chi connectivity index (χ3n) is 3.77. The molecule has 0 aromatic heterocycles. The van der Waals surface area contributed by atoms with Crippen molar-refractivity contribution in [3.8, 4) is 11.1 Å². The van der Waals surface area contributed by atoms with Crippen LogP contribution >= 0.6 is 0 Å². The minimum Gasteiger partial charge on any atom is -0.267 e. The van der Waals surface area contributed by atoms with Crippen LogP contribution in [-0.2, 0) is 10.7 Å². The average Bonchev–Trinajstić information content (AvgIpc) is 2.82. The molecular weight excluding hydrogens is 302 g/mol. The van der Waals surface area contributed by atoms with Crippen LogP contribution in [0.15, 0.2) is 47.5 Å². The van der Waals surface area contributed by atoms with Crippen LogP contribution in [0.4, 0.5) is 0 Å². The fraction of sp³-hybridized carbons (Fsp3) is 0.0526. The van der Waals surface area contributed by atoms with Gasteiger partial charge in [-0.15, -0.1) is 11.5 Å². The molecule has 0 spiro atoms. The summed E-state index contributed by atoms with van der Waals surface area (Å²) in [5.74, 6) is -2.20. The first-order valence-electron chi connectivity index (χ1n) is 6.97. The standard InChI is InChI=1S/C19H9N3O2/c1-2-3-10-19(24)15-7-5-4-6-13(15)14-9-8-12(11-16(14)19)17(23)22-18(20)21/h4-9,11H,1H2. The van der Waals surface area contributed by atoms with Crippen LogP contribution in [-0.4, -0.2) is 11.9 Å². The minimum atomic E-state index is -1.86. The second-order valence-electron chi connectivity index (χ2n) is 5.13. The van der Waals surface area contributed by atoms with E-state index in [4.69, 9.17) is 11.5 Å². The quantitative estimate of drug-likeness (QED) is 0.627. The van der Waals surface area contributed by atoms with Crippen LogP contribution in [0.2, 0.25) is 0 Å². The lowest BCUT2D eigenvalue weighted by Crippen LogP contribution is -2.24. The molecule has 5 heteroatoms. The highest BCUT2D eigenvalue weighted by atomic mass is 16.3. The molecule has 1 atom stereocenters. The molecule has 112 valence electrons. The molecule has 0 N–H and O–H groups in total. The normalized spacial score (nSPS) is 17.9. The van der Waals surface area contributed by atoms with Crippen molar-refractivity contribution in [2.45, 2.75) is 5.60 Å². The molecule has 2 aromatic rings. The van der Waals surface area contributed by atoms with Crippen molar-refractivity contribution in [1.29, 1.82) is 0 Å². The monoisotopic (exact) mass is 311 g/mol. The topological polar surface area (TPSA) is 93.9 Å². The van der Waals surface area contributed by atoms with Gasteiger partial charge in [0.25, 0.3) is 11.9 Å². The van der Waals surface area contributed by atoms with Gasteiger partial charge >= 0.3 is 0 Å². The van der Waals surface area contributed by atoms with E-state index in [2.05, 4.69) is 31.2 Å². The fourth-order valence-electron chi connectivity index (χ4n) is 2.80. The van der Waals surface area contributed by atoms with Gasteiger partial charge in [0.1, 0.15) is 0 Å². The lowest BCUT2D eigenvalue weighted by Gasteiger charge is -2.21. The molecule has 1 aliphatic rings. The number of hydrogen-bond acceptors (Lipinski definition) is 1. The average molecular weight is 311 g/mol. The summed E-state index contributed by atoms with van der Waals surface area (Å²) in [6.45, 7) is 3.38. The minimum absolute atomic E-state index is 0.0618. The Hall–Kier alpha value is -2.66. The third kappa shape index (κ3) is 2.57. The van der Waals surface area contributed by atoms with Crippen molar-refractivity contribution in [3.05, 3.63) is 85.3 Å². The largest absolute Gasteiger partial charge is 0.291 e. The summed E-state index contributed by atoms with van der Waals surface area (Å²) in [5.41, 5.74) is 17.9. The molecule has 0 heterocycles. The van der Waals surface area contributed by atoms with Gasteiger partial charge in [-0.25, -0.2) is 5.11 Å². The number of unbranched alkanes of at least 4 members (excludes halogenated alkanes) is 1. The zero-order chi connectivity index (χ0) is 17.3. The molecule has 0 bridgehead atoms. The smallest absolute Gasteiger partial charge is 0.267 e. The Kier molecular flexibility index (Phi) is 4.11. The molecule has 1 amide bonds. The summed E-state index contributed by atoms with van der Waals surface area (Å²) in [6, 6.07) is 11.6. The van der Waals surface area contributed by atoms with Gasteiger partial charge in [-0.05, 0) is 36.6 Å². The summed E-state index contributed by atoms with van der Waals surface area (Å²) < 4.78 is 0. The van der Waals surface area contributed by atoms with Crippen LogP contribution in [0.1, 0.15) is 21.5 Å². The van der Waals surface area contributed by atoms with Crippen LogP contribution in [0.3, 0.4) is 0 Å². The maximum Gasteiger partial charge on any atom is 0.291 e. The Labute approximate surface area is 141 Å². The van der Waals surface area contributed by atoms with E-state index in [1.165, 1.54) is 12.1 Å². The van der Waals surface area contributed by atoms with Gasteiger partial charge in [-0.1, -0.05) is 30.3 Å². The van der Waals surface area contributed by atoms with E-state index in [0.29, 0.717) is 16.7 Å². The maximum atomic E-state index is 13.4. The molecule has 1 unspecified atom stereocenters. The fourth-order valence-corrected chi connectivity index (χ4v) is 2.80. The Morgan fingerprint density at radius 3 is 2.50 bits per heavy atom. The van der Waals surface area contributed by atoms with Crippen molar-refractivity contribution in [2.75, 3.05) is 0 Å². The SMILES string of the molecule is [CH2][C][C][C]C1([O])c2ccccc2-c2ccc(C(=O)N=C([N])[N])cc21. The molecular formula is C19H9N3O2. The summed E-state index contributed by atoms with van der Waals surface area (Å²) in [4.78, 5) is 14.9. The van der Waals surface area contributed by atoms with Crippen molar-refractivity contribution in [3.63, 3.8) is 0 Å². The molecule has 24 heavy (non-hydrogen) atoms. The second kappa shape index (κ2) is 6.09. The zero-order valence-electron chi connectivity index (χ0n) is 12.4. The lowest BCUT2D eigenvalue weighted by molar-refractivity contribution is 0.0396. The number of aliphatic imine (C=N–C) groups is 1. The number of fused-ring (bicyclic) bond motifs is 3. The number of guanidine groups is 1. The predicted octanol–water partition coefficient (Wildman–Crippen LogP) is 2.05. The highest BCUT2D eigenvalue weighted by molar-refractivity contribution is 6.02. The van der Waals surface area contributed by atoms with E-state index in [1.54, 1.807) is 18.2 Å². The zero-order valence-corrected chi connectivity index (χ0v) is 12.4. The van der Waals surface area contributed by atoms with Crippen LogP contribution < -0.4 is 11.5 Å². The van der Waals surface area contributed by atoms with Crippen LogP contribution in [0, 0.1) is 26.2 Å². The van der Waals surface area contributed by atoms with Gasteiger partial charge in [-0.3, -0.25) is 4.79 Å². The van der Waals surface area contributed by atoms with E-state index in [9.17, 15) is 9.90 Å². The first kappa shape index (κ1) is 16.2. The molecule has 3 rings (SSSR count). The van der Waals surface area contributed by atoms with E-state index in [1.807, 2.05) is 12.1 Å². The number of hydrogen-bond donors (Lipinski definition) is 0. The third-order valence-corrected chi connectivity index (χ3v) is 3.77. The highest BCUT2D eigenvalue weighted by Crippen LogP contribution is 2.49. The molecule has 0 fully saturated rings. The molecule has 5 nitrogen and oxygen atoms in total. The van der Waals surface area contributed by atoms with Gasteiger partial charge in [-0.2, -0.15) is 4.99 Å². The first-order chi connectivity index (χ1) is 11.5. The summed E-state index contributed by atoms with van der Waals surface area (Å²) in [6.07, 6.45) is 7.46. The Morgan fingerprint density at radius 2 is 1.79 bits per heavy atom. The van der Waals surface area contributed by atoms with E-state index in [-0.39, 0.29) is 5.56 Å². The molecule has 0 saturated carbocycles. The summed E-state index contributed by atoms with van der Waals surface area (Å²) in [5, 5.41) is 13.4. The Bertz CT molecular complexity index is 825. The van der Waals surface area contributed by atoms with Gasteiger partial charge in [0.2, 0.25) is 0 Å². The molecule has 0 saturated heterocycles. The van der Waals surface area contributed by atoms with Gasteiger partial charge < -0.3 is 0 Å². The second-order valence-corrected chi connectivity index (χ2v) is 5.13. The molecule has 12 radical (unpaired) electrons. The van der Waals surface area contributed by atoms with Crippen LogP contribution in [0.5, 0.6) is 0 Å². The number of carbonyl (C=O) groups excluding carboxylic acids is 1. The number of amides is 1. The molecule has 2 aromatic carbocycles.